The Morgan fingerprint density at radius 1 is 1.22 bits per heavy atom. The van der Waals surface area contributed by atoms with Crippen LogP contribution in [-0.4, -0.2) is 14.8 Å². The molecule has 0 fully saturated rings. The minimum atomic E-state index is -4.78. The van der Waals surface area contributed by atoms with Crippen LogP contribution in [0, 0.1) is 17.1 Å². The lowest BCUT2D eigenvalue weighted by Crippen LogP contribution is -2.11. The fourth-order valence-corrected chi connectivity index (χ4v) is 2.13. The zero-order chi connectivity index (χ0) is 16.8. The van der Waals surface area contributed by atoms with E-state index in [1.165, 1.54) is 18.2 Å². The molecule has 0 unspecified atom stereocenters. The zero-order valence-corrected chi connectivity index (χ0v) is 11.1. The average molecular weight is 322 g/mol. The average Bonchev–Trinajstić information content (AvgIpc) is 2.85. The molecule has 3 rings (SSSR count). The Morgan fingerprint density at radius 3 is 2.43 bits per heavy atom. The smallest absolute Gasteiger partial charge is 0.305 e. The number of alkyl halides is 3. The SMILES string of the molecule is N#Cc1cc2c(C(F)(F)F)nn(-c3ccc(F)cc3)c2[nH]c1=O. The van der Waals surface area contributed by atoms with Crippen molar-refractivity contribution < 1.29 is 17.6 Å². The molecule has 0 spiro atoms. The van der Waals surface area contributed by atoms with Crippen molar-refractivity contribution in [2.45, 2.75) is 6.18 Å². The topological polar surface area (TPSA) is 74.5 Å². The summed E-state index contributed by atoms with van der Waals surface area (Å²) in [5.41, 5.74) is -2.64. The third-order valence-corrected chi connectivity index (χ3v) is 3.15. The summed E-state index contributed by atoms with van der Waals surface area (Å²) >= 11 is 0. The number of pyridine rings is 1. The molecular weight excluding hydrogens is 316 g/mol. The number of halogens is 4. The molecule has 23 heavy (non-hydrogen) atoms. The van der Waals surface area contributed by atoms with Gasteiger partial charge in [-0.2, -0.15) is 23.5 Å². The molecule has 3 aromatic rings. The predicted octanol–water partition coefficient (Wildman–Crippen LogP) is 2.74. The van der Waals surface area contributed by atoms with Gasteiger partial charge in [-0.25, -0.2) is 9.07 Å². The monoisotopic (exact) mass is 322 g/mol. The second-order valence-corrected chi connectivity index (χ2v) is 4.62. The van der Waals surface area contributed by atoms with Crippen molar-refractivity contribution >= 4 is 11.0 Å². The molecule has 0 saturated carbocycles. The van der Waals surface area contributed by atoms with Gasteiger partial charge in [-0.3, -0.25) is 4.79 Å². The Bertz CT molecular complexity index is 993. The molecule has 1 N–H and O–H groups in total. The van der Waals surface area contributed by atoms with Crippen molar-refractivity contribution in [3.63, 3.8) is 0 Å². The van der Waals surface area contributed by atoms with E-state index in [1.807, 2.05) is 0 Å². The van der Waals surface area contributed by atoms with Crippen molar-refractivity contribution in [2.75, 3.05) is 0 Å². The van der Waals surface area contributed by atoms with Crippen LogP contribution in [0.1, 0.15) is 11.3 Å². The number of rotatable bonds is 1. The quantitative estimate of drug-likeness (QED) is 0.700. The molecule has 0 radical (unpaired) electrons. The Balaban J connectivity index is 2.39. The second-order valence-electron chi connectivity index (χ2n) is 4.62. The van der Waals surface area contributed by atoms with Gasteiger partial charge in [0.2, 0.25) is 0 Å². The number of hydrogen-bond acceptors (Lipinski definition) is 3. The number of H-pyrrole nitrogens is 1. The van der Waals surface area contributed by atoms with Gasteiger partial charge in [0.05, 0.1) is 11.1 Å². The lowest BCUT2D eigenvalue weighted by molar-refractivity contribution is -0.140. The number of nitrogens with zero attached hydrogens (tertiary/aromatic N) is 3. The van der Waals surface area contributed by atoms with Crippen LogP contribution in [0.3, 0.4) is 0 Å². The first-order valence-corrected chi connectivity index (χ1v) is 6.20. The highest BCUT2D eigenvalue weighted by molar-refractivity contribution is 5.81. The highest BCUT2D eigenvalue weighted by atomic mass is 19.4. The van der Waals surface area contributed by atoms with Crippen molar-refractivity contribution in [1.29, 1.82) is 5.26 Å². The Labute approximate surface area is 125 Å². The van der Waals surface area contributed by atoms with E-state index in [9.17, 15) is 22.4 Å². The van der Waals surface area contributed by atoms with Gasteiger partial charge in [0.15, 0.2) is 5.69 Å². The van der Waals surface area contributed by atoms with E-state index in [4.69, 9.17) is 5.26 Å². The Hall–Kier alpha value is -3.15. The molecule has 0 saturated heterocycles. The van der Waals surface area contributed by atoms with E-state index < -0.39 is 34.2 Å². The van der Waals surface area contributed by atoms with Gasteiger partial charge in [-0.05, 0) is 30.3 Å². The molecule has 1 aromatic carbocycles. The number of hydrogen-bond donors (Lipinski definition) is 1. The predicted molar refractivity (Wildman–Crippen MR) is 71.4 cm³/mol. The highest BCUT2D eigenvalue weighted by Crippen LogP contribution is 2.34. The van der Waals surface area contributed by atoms with Crippen LogP contribution >= 0.6 is 0 Å². The summed E-state index contributed by atoms with van der Waals surface area (Å²) < 4.78 is 53.2. The first kappa shape index (κ1) is 14.8. The molecular formula is C14H6F4N4O. The summed E-state index contributed by atoms with van der Waals surface area (Å²) in [6.45, 7) is 0. The van der Waals surface area contributed by atoms with Gasteiger partial charge in [0.25, 0.3) is 5.56 Å². The highest BCUT2D eigenvalue weighted by Gasteiger charge is 2.37. The lowest BCUT2D eigenvalue weighted by Gasteiger charge is -2.03. The lowest BCUT2D eigenvalue weighted by atomic mass is 10.2. The molecule has 116 valence electrons. The van der Waals surface area contributed by atoms with Gasteiger partial charge in [0, 0.05) is 0 Å². The van der Waals surface area contributed by atoms with E-state index in [1.54, 1.807) is 0 Å². The molecule has 0 amide bonds. The third kappa shape index (κ3) is 2.44. The Kier molecular flexibility index (Phi) is 3.18. The number of aromatic amines is 1. The van der Waals surface area contributed by atoms with E-state index >= 15 is 0 Å². The van der Waals surface area contributed by atoms with Crippen molar-refractivity contribution in [3.8, 4) is 11.8 Å². The molecule has 2 aromatic heterocycles. The fraction of sp³-hybridized carbons (Fsp3) is 0.0714. The molecule has 2 heterocycles. The van der Waals surface area contributed by atoms with Gasteiger partial charge in [-0.15, -0.1) is 0 Å². The van der Waals surface area contributed by atoms with Crippen LogP contribution in [-0.2, 0) is 6.18 Å². The van der Waals surface area contributed by atoms with Crippen LogP contribution in [0.5, 0.6) is 0 Å². The number of nitriles is 1. The van der Waals surface area contributed by atoms with Gasteiger partial charge >= 0.3 is 6.18 Å². The number of benzene rings is 1. The van der Waals surface area contributed by atoms with Crippen molar-refractivity contribution in [1.82, 2.24) is 14.8 Å². The summed E-state index contributed by atoms with van der Waals surface area (Å²) in [7, 11) is 0. The third-order valence-electron chi connectivity index (χ3n) is 3.15. The molecule has 9 heteroatoms. The number of fused-ring (bicyclic) bond motifs is 1. The summed E-state index contributed by atoms with van der Waals surface area (Å²) in [5, 5.41) is 11.9. The van der Waals surface area contributed by atoms with Crippen LogP contribution in [0.15, 0.2) is 35.1 Å². The zero-order valence-electron chi connectivity index (χ0n) is 11.1. The summed E-state index contributed by atoms with van der Waals surface area (Å²) in [6, 6.07) is 6.91. The maximum atomic E-state index is 13.1. The molecule has 5 nitrogen and oxygen atoms in total. The van der Waals surface area contributed by atoms with Crippen LogP contribution in [0.25, 0.3) is 16.7 Å². The van der Waals surface area contributed by atoms with Gasteiger partial charge < -0.3 is 4.98 Å². The molecule has 0 aliphatic carbocycles. The number of aromatic nitrogens is 3. The maximum Gasteiger partial charge on any atom is 0.435 e. The number of nitrogens with one attached hydrogen (secondary N) is 1. The second kappa shape index (κ2) is 4.95. The maximum absolute atomic E-state index is 13.1. The minimum absolute atomic E-state index is 0.132. The van der Waals surface area contributed by atoms with E-state index in [0.29, 0.717) is 0 Å². The molecule has 0 aliphatic rings. The largest absolute Gasteiger partial charge is 0.435 e. The summed E-state index contributed by atoms with van der Waals surface area (Å²) in [4.78, 5) is 13.9. The van der Waals surface area contributed by atoms with Crippen LogP contribution in [0.4, 0.5) is 17.6 Å². The van der Waals surface area contributed by atoms with Gasteiger partial charge in [0.1, 0.15) is 23.1 Å². The van der Waals surface area contributed by atoms with E-state index in [2.05, 4.69) is 10.1 Å². The standard InChI is InChI=1S/C14H6F4N4O/c15-8-1-3-9(4-2-8)22-12-10(11(21-22)14(16,17)18)5-7(6-19)13(23)20-12/h1-5H,(H,20,23). The van der Waals surface area contributed by atoms with Crippen LogP contribution in [0.2, 0.25) is 0 Å². The fourth-order valence-electron chi connectivity index (χ4n) is 2.13. The first-order chi connectivity index (χ1) is 10.8. The summed E-state index contributed by atoms with van der Waals surface area (Å²) in [6.07, 6.45) is -4.78. The van der Waals surface area contributed by atoms with Gasteiger partial charge in [-0.1, -0.05) is 0 Å². The van der Waals surface area contributed by atoms with Crippen molar-refractivity contribution in [2.24, 2.45) is 0 Å². The van der Waals surface area contributed by atoms with E-state index in [-0.39, 0.29) is 11.3 Å². The molecule has 0 bridgehead atoms. The minimum Gasteiger partial charge on any atom is -0.305 e. The van der Waals surface area contributed by atoms with Crippen LogP contribution < -0.4 is 5.56 Å². The summed E-state index contributed by atoms with van der Waals surface area (Å²) in [5.74, 6) is -0.568. The molecule has 0 aliphatic heterocycles. The normalized spacial score (nSPS) is 11.6. The molecule has 0 atom stereocenters. The van der Waals surface area contributed by atoms with E-state index in [0.717, 1.165) is 22.9 Å². The first-order valence-electron chi connectivity index (χ1n) is 6.20. The Morgan fingerprint density at radius 2 is 1.87 bits per heavy atom. The van der Waals surface area contributed by atoms with Crippen molar-refractivity contribution in [3.05, 3.63) is 57.8 Å².